The first-order valence-electron chi connectivity index (χ1n) is 6.87. The fraction of sp³-hybridized carbons (Fsp3) is 0.615. The molecule has 0 aliphatic carbocycles. The summed E-state index contributed by atoms with van der Waals surface area (Å²) in [6.45, 7) is 3.48. The molecule has 1 fully saturated rings. The Balaban J connectivity index is 1.75. The van der Waals surface area contributed by atoms with E-state index in [4.69, 9.17) is 4.74 Å². The minimum atomic E-state index is -0.575. The summed E-state index contributed by atoms with van der Waals surface area (Å²) < 4.78 is 5.55. The predicted molar refractivity (Wildman–Crippen MR) is 71.3 cm³/mol. The van der Waals surface area contributed by atoms with Crippen molar-refractivity contribution in [2.45, 2.75) is 25.9 Å². The number of aromatic nitrogens is 2. The molecular weight excluding hydrogens is 260 g/mol. The van der Waals surface area contributed by atoms with Crippen molar-refractivity contribution in [3.63, 3.8) is 0 Å². The third-order valence-corrected chi connectivity index (χ3v) is 3.85. The Bertz CT molecular complexity index is 527. The fourth-order valence-electron chi connectivity index (χ4n) is 2.74. The first-order chi connectivity index (χ1) is 9.66. The van der Waals surface area contributed by atoms with E-state index in [9.17, 15) is 9.59 Å². The maximum absolute atomic E-state index is 12.6. The average Bonchev–Trinajstić information content (AvgIpc) is 2.95. The lowest BCUT2D eigenvalue weighted by Gasteiger charge is -2.35. The summed E-state index contributed by atoms with van der Waals surface area (Å²) in [5.74, 6) is -0.105. The van der Waals surface area contributed by atoms with Gasteiger partial charge in [0.25, 0.3) is 5.91 Å². The van der Waals surface area contributed by atoms with Crippen LogP contribution in [0.3, 0.4) is 0 Å². The van der Waals surface area contributed by atoms with Crippen LogP contribution in [0.2, 0.25) is 0 Å². The van der Waals surface area contributed by atoms with Crippen LogP contribution in [0.5, 0.6) is 0 Å². The van der Waals surface area contributed by atoms with Gasteiger partial charge in [-0.05, 0) is 12.8 Å². The SMILES string of the molecule is CC(=O)N1CCOC(C(=O)N2CCCc3[nH]ncc32)C1. The summed E-state index contributed by atoms with van der Waals surface area (Å²) in [7, 11) is 0. The van der Waals surface area contributed by atoms with Crippen LogP contribution in [-0.4, -0.2) is 59.3 Å². The van der Waals surface area contributed by atoms with E-state index in [1.54, 1.807) is 16.0 Å². The average molecular weight is 278 g/mol. The number of carbonyl (C=O) groups is 2. The highest BCUT2D eigenvalue weighted by molar-refractivity contribution is 5.97. The number of ether oxygens (including phenoxy) is 1. The van der Waals surface area contributed by atoms with Gasteiger partial charge in [-0.1, -0.05) is 0 Å². The van der Waals surface area contributed by atoms with Crippen molar-refractivity contribution in [2.75, 3.05) is 31.1 Å². The zero-order valence-corrected chi connectivity index (χ0v) is 11.5. The van der Waals surface area contributed by atoms with Gasteiger partial charge in [-0.25, -0.2) is 0 Å². The largest absolute Gasteiger partial charge is 0.365 e. The van der Waals surface area contributed by atoms with Gasteiger partial charge in [-0.3, -0.25) is 14.7 Å². The number of amides is 2. The number of anilines is 1. The molecule has 0 aromatic carbocycles. The molecule has 7 nitrogen and oxygen atoms in total. The maximum Gasteiger partial charge on any atom is 0.258 e. The fourth-order valence-corrected chi connectivity index (χ4v) is 2.74. The topological polar surface area (TPSA) is 78.5 Å². The summed E-state index contributed by atoms with van der Waals surface area (Å²) in [6, 6.07) is 0. The van der Waals surface area contributed by atoms with E-state index in [0.29, 0.717) is 26.2 Å². The lowest BCUT2D eigenvalue weighted by molar-refractivity contribution is -0.144. The lowest BCUT2D eigenvalue weighted by atomic mass is 10.1. The Kier molecular flexibility index (Phi) is 3.43. The highest BCUT2D eigenvalue weighted by Crippen LogP contribution is 2.26. The molecule has 1 N–H and O–H groups in total. The van der Waals surface area contributed by atoms with E-state index in [-0.39, 0.29) is 11.8 Å². The molecule has 0 bridgehead atoms. The molecule has 0 radical (unpaired) electrons. The van der Waals surface area contributed by atoms with Gasteiger partial charge < -0.3 is 14.5 Å². The molecule has 20 heavy (non-hydrogen) atoms. The second kappa shape index (κ2) is 5.24. The smallest absolute Gasteiger partial charge is 0.258 e. The number of nitrogens with one attached hydrogen (secondary N) is 1. The van der Waals surface area contributed by atoms with Crippen molar-refractivity contribution < 1.29 is 14.3 Å². The van der Waals surface area contributed by atoms with Crippen LogP contribution in [0, 0.1) is 0 Å². The van der Waals surface area contributed by atoms with E-state index in [1.807, 2.05) is 0 Å². The highest BCUT2D eigenvalue weighted by atomic mass is 16.5. The summed E-state index contributed by atoms with van der Waals surface area (Å²) in [6.07, 6.45) is 2.92. The first-order valence-corrected chi connectivity index (χ1v) is 6.87. The van der Waals surface area contributed by atoms with E-state index in [2.05, 4.69) is 10.2 Å². The summed E-state index contributed by atoms with van der Waals surface area (Å²) in [4.78, 5) is 27.4. The molecular formula is C13H18N4O3. The van der Waals surface area contributed by atoms with Gasteiger partial charge in [0.1, 0.15) is 0 Å². The Morgan fingerprint density at radius 2 is 2.30 bits per heavy atom. The number of morpholine rings is 1. The van der Waals surface area contributed by atoms with Gasteiger partial charge in [0.15, 0.2) is 6.10 Å². The normalized spacial score (nSPS) is 22.6. The van der Waals surface area contributed by atoms with E-state index >= 15 is 0 Å². The number of hydrogen-bond donors (Lipinski definition) is 1. The summed E-state index contributed by atoms with van der Waals surface area (Å²) in [5, 5.41) is 6.92. The molecule has 2 aliphatic heterocycles. The molecule has 3 rings (SSSR count). The Morgan fingerprint density at radius 3 is 3.10 bits per heavy atom. The predicted octanol–water partition coefficient (Wildman–Crippen LogP) is -0.0638. The number of fused-ring (bicyclic) bond motifs is 1. The lowest BCUT2D eigenvalue weighted by Crippen LogP contribution is -2.53. The van der Waals surface area contributed by atoms with Crippen molar-refractivity contribution >= 4 is 17.5 Å². The second-order valence-electron chi connectivity index (χ2n) is 5.15. The molecule has 2 amide bonds. The molecule has 2 aliphatic rings. The van der Waals surface area contributed by atoms with Gasteiger partial charge in [-0.15, -0.1) is 0 Å². The minimum absolute atomic E-state index is 0.0197. The molecule has 1 atom stereocenters. The zero-order chi connectivity index (χ0) is 14.1. The number of rotatable bonds is 1. The Hall–Kier alpha value is -1.89. The van der Waals surface area contributed by atoms with Gasteiger partial charge in [0.2, 0.25) is 5.91 Å². The third kappa shape index (κ3) is 2.29. The van der Waals surface area contributed by atoms with Crippen LogP contribution in [0.25, 0.3) is 0 Å². The highest BCUT2D eigenvalue weighted by Gasteiger charge is 2.34. The second-order valence-corrected chi connectivity index (χ2v) is 5.15. The molecule has 1 unspecified atom stereocenters. The van der Waals surface area contributed by atoms with Crippen molar-refractivity contribution in [3.8, 4) is 0 Å². The molecule has 0 saturated carbocycles. The summed E-state index contributed by atoms with van der Waals surface area (Å²) in [5.41, 5.74) is 1.83. The number of carbonyl (C=O) groups excluding carboxylic acids is 2. The molecule has 0 spiro atoms. The number of aryl methyl sites for hydroxylation is 1. The molecule has 108 valence electrons. The zero-order valence-electron chi connectivity index (χ0n) is 11.5. The minimum Gasteiger partial charge on any atom is -0.365 e. The van der Waals surface area contributed by atoms with Crippen molar-refractivity contribution in [1.82, 2.24) is 15.1 Å². The Labute approximate surface area is 116 Å². The van der Waals surface area contributed by atoms with E-state index in [0.717, 1.165) is 24.2 Å². The van der Waals surface area contributed by atoms with Gasteiger partial charge in [0.05, 0.1) is 30.7 Å². The number of H-pyrrole nitrogens is 1. The van der Waals surface area contributed by atoms with Crippen LogP contribution in [0.4, 0.5) is 5.69 Å². The molecule has 7 heteroatoms. The standard InChI is InChI=1S/C13H18N4O3/c1-9(18)16-5-6-20-12(8-16)13(19)17-4-2-3-10-11(17)7-14-15-10/h7,12H,2-6,8H2,1H3,(H,14,15). The number of nitrogens with zero attached hydrogens (tertiary/aromatic N) is 3. The van der Waals surface area contributed by atoms with E-state index in [1.165, 1.54) is 6.92 Å². The van der Waals surface area contributed by atoms with E-state index < -0.39 is 6.10 Å². The van der Waals surface area contributed by atoms with Crippen LogP contribution in [-0.2, 0) is 20.7 Å². The third-order valence-electron chi connectivity index (χ3n) is 3.85. The van der Waals surface area contributed by atoms with Crippen LogP contribution >= 0.6 is 0 Å². The van der Waals surface area contributed by atoms with Gasteiger partial charge in [-0.2, -0.15) is 5.10 Å². The maximum atomic E-state index is 12.6. The number of hydrogen-bond acceptors (Lipinski definition) is 4. The quantitative estimate of drug-likeness (QED) is 0.780. The van der Waals surface area contributed by atoms with Crippen LogP contribution < -0.4 is 4.90 Å². The van der Waals surface area contributed by atoms with Crippen molar-refractivity contribution in [2.24, 2.45) is 0 Å². The van der Waals surface area contributed by atoms with Crippen LogP contribution in [0.1, 0.15) is 19.0 Å². The van der Waals surface area contributed by atoms with Crippen molar-refractivity contribution in [3.05, 3.63) is 11.9 Å². The molecule has 1 aromatic heterocycles. The van der Waals surface area contributed by atoms with Gasteiger partial charge >= 0.3 is 0 Å². The first kappa shape index (κ1) is 13.1. The summed E-state index contributed by atoms with van der Waals surface area (Å²) >= 11 is 0. The van der Waals surface area contributed by atoms with Crippen LogP contribution in [0.15, 0.2) is 6.20 Å². The molecule has 1 aromatic rings. The monoisotopic (exact) mass is 278 g/mol. The van der Waals surface area contributed by atoms with Crippen molar-refractivity contribution in [1.29, 1.82) is 0 Å². The number of aromatic amines is 1. The molecule has 3 heterocycles. The Morgan fingerprint density at radius 1 is 1.45 bits per heavy atom. The molecule has 1 saturated heterocycles. The van der Waals surface area contributed by atoms with Gasteiger partial charge in [0, 0.05) is 20.0 Å².